The Bertz CT molecular complexity index is 546. The molecule has 0 N–H and O–H groups in total. The van der Waals surface area contributed by atoms with Gasteiger partial charge in [0.05, 0.1) is 19.2 Å². The number of aromatic nitrogens is 2. The van der Waals surface area contributed by atoms with Crippen LogP contribution < -0.4 is 9.47 Å². The predicted octanol–water partition coefficient (Wildman–Crippen LogP) is 3.11. The normalized spacial score (nSPS) is 10.6. The van der Waals surface area contributed by atoms with Gasteiger partial charge in [-0.2, -0.15) is 0 Å². The summed E-state index contributed by atoms with van der Waals surface area (Å²) in [6.07, 6.45) is 2.51. The summed E-state index contributed by atoms with van der Waals surface area (Å²) in [4.78, 5) is 8.42. The van der Waals surface area contributed by atoms with Crippen molar-refractivity contribution in [3.05, 3.63) is 24.2 Å². The van der Waals surface area contributed by atoms with E-state index in [9.17, 15) is 0 Å². The minimum atomic E-state index is 0.650. The van der Waals surface area contributed by atoms with Crippen LogP contribution in [0.1, 0.15) is 12.1 Å². The number of benzene rings is 1. The van der Waals surface area contributed by atoms with Gasteiger partial charge in [-0.05, 0) is 19.4 Å². The zero-order valence-electron chi connectivity index (χ0n) is 10.4. The van der Waals surface area contributed by atoms with Gasteiger partial charge in [-0.1, -0.05) is 15.9 Å². The molecule has 1 aromatic heterocycles. The molecule has 96 valence electrons. The molecule has 0 aliphatic carbocycles. The average Bonchev–Trinajstić information content (AvgIpc) is 2.39. The molecule has 0 amide bonds. The highest BCUT2D eigenvalue weighted by Gasteiger charge is 2.09. The molecule has 1 heterocycles. The summed E-state index contributed by atoms with van der Waals surface area (Å²) < 4.78 is 11.0. The number of aryl methyl sites for hydroxylation is 1. The van der Waals surface area contributed by atoms with Crippen LogP contribution >= 0.6 is 15.9 Å². The second-order valence-electron chi connectivity index (χ2n) is 3.87. The van der Waals surface area contributed by atoms with Gasteiger partial charge in [0.15, 0.2) is 11.5 Å². The molecule has 0 atom stereocenters. The SMILES string of the molecule is COc1cc2c(C)ncnc2cc1OCCCBr. The average molecular weight is 311 g/mol. The van der Waals surface area contributed by atoms with Gasteiger partial charge in [-0.3, -0.25) is 0 Å². The van der Waals surface area contributed by atoms with E-state index < -0.39 is 0 Å². The van der Waals surface area contributed by atoms with Gasteiger partial charge < -0.3 is 9.47 Å². The summed E-state index contributed by atoms with van der Waals surface area (Å²) in [5.74, 6) is 1.44. The maximum Gasteiger partial charge on any atom is 0.163 e. The van der Waals surface area contributed by atoms with Crippen LogP contribution in [0, 0.1) is 6.92 Å². The lowest BCUT2D eigenvalue weighted by molar-refractivity contribution is 0.296. The zero-order valence-corrected chi connectivity index (χ0v) is 12.0. The topological polar surface area (TPSA) is 44.2 Å². The number of hydrogen-bond donors (Lipinski definition) is 0. The molecule has 0 saturated carbocycles. The van der Waals surface area contributed by atoms with Crippen molar-refractivity contribution in [3.63, 3.8) is 0 Å². The summed E-state index contributed by atoms with van der Waals surface area (Å²) in [6, 6.07) is 3.82. The lowest BCUT2D eigenvalue weighted by Gasteiger charge is -2.11. The number of fused-ring (bicyclic) bond motifs is 1. The minimum absolute atomic E-state index is 0.650. The van der Waals surface area contributed by atoms with Crippen LogP contribution in [0.2, 0.25) is 0 Å². The molecule has 1 aromatic carbocycles. The summed E-state index contributed by atoms with van der Waals surface area (Å²) in [7, 11) is 1.64. The fourth-order valence-corrected chi connectivity index (χ4v) is 1.93. The van der Waals surface area contributed by atoms with Crippen molar-refractivity contribution in [3.8, 4) is 11.5 Å². The van der Waals surface area contributed by atoms with Crippen LogP contribution in [0.3, 0.4) is 0 Å². The zero-order chi connectivity index (χ0) is 13.0. The van der Waals surface area contributed by atoms with Crippen molar-refractivity contribution in [2.75, 3.05) is 19.0 Å². The van der Waals surface area contributed by atoms with Gasteiger partial charge in [-0.15, -0.1) is 0 Å². The molecule has 18 heavy (non-hydrogen) atoms. The monoisotopic (exact) mass is 310 g/mol. The van der Waals surface area contributed by atoms with E-state index in [1.165, 1.54) is 0 Å². The molecule has 0 unspecified atom stereocenters. The van der Waals surface area contributed by atoms with E-state index in [2.05, 4.69) is 25.9 Å². The lowest BCUT2D eigenvalue weighted by atomic mass is 10.2. The molecule has 0 aliphatic rings. The highest BCUT2D eigenvalue weighted by atomic mass is 79.9. The molecule has 0 radical (unpaired) electrons. The Labute approximate surface area is 114 Å². The molecule has 5 heteroatoms. The van der Waals surface area contributed by atoms with Crippen LogP contribution in [0.25, 0.3) is 10.9 Å². The number of methoxy groups -OCH3 is 1. The Morgan fingerprint density at radius 1 is 1.22 bits per heavy atom. The second-order valence-corrected chi connectivity index (χ2v) is 4.66. The van der Waals surface area contributed by atoms with Crippen LogP contribution in [-0.4, -0.2) is 29.0 Å². The van der Waals surface area contributed by atoms with E-state index in [1.807, 2.05) is 19.1 Å². The maximum atomic E-state index is 5.70. The maximum absolute atomic E-state index is 5.70. The Hall–Kier alpha value is -1.36. The van der Waals surface area contributed by atoms with E-state index in [-0.39, 0.29) is 0 Å². The number of halogens is 1. The van der Waals surface area contributed by atoms with Crippen molar-refractivity contribution < 1.29 is 9.47 Å². The predicted molar refractivity (Wildman–Crippen MR) is 74.7 cm³/mol. The van der Waals surface area contributed by atoms with Crippen molar-refractivity contribution in [1.29, 1.82) is 0 Å². The minimum Gasteiger partial charge on any atom is -0.493 e. The molecule has 2 aromatic rings. The van der Waals surface area contributed by atoms with Gasteiger partial charge >= 0.3 is 0 Å². The molecule has 0 aliphatic heterocycles. The molecule has 0 saturated heterocycles. The Morgan fingerprint density at radius 2 is 2.06 bits per heavy atom. The fourth-order valence-electron chi connectivity index (χ4n) is 1.70. The Kier molecular flexibility index (Phi) is 4.36. The summed E-state index contributed by atoms with van der Waals surface area (Å²) in [5.41, 5.74) is 1.81. The highest BCUT2D eigenvalue weighted by molar-refractivity contribution is 9.09. The molecule has 0 fully saturated rings. The van der Waals surface area contributed by atoms with E-state index in [0.717, 1.165) is 39.8 Å². The van der Waals surface area contributed by atoms with Gasteiger partial charge in [0.25, 0.3) is 0 Å². The molecular weight excluding hydrogens is 296 g/mol. The van der Waals surface area contributed by atoms with Gasteiger partial charge in [0.1, 0.15) is 6.33 Å². The molecule has 0 bridgehead atoms. The van der Waals surface area contributed by atoms with Crippen LogP contribution in [0.5, 0.6) is 11.5 Å². The quantitative estimate of drug-likeness (QED) is 0.629. The first-order chi connectivity index (χ1) is 8.76. The van der Waals surface area contributed by atoms with Gasteiger partial charge in [0.2, 0.25) is 0 Å². The van der Waals surface area contributed by atoms with Crippen LogP contribution in [0.15, 0.2) is 18.5 Å². The first-order valence-electron chi connectivity index (χ1n) is 5.74. The summed E-state index contributed by atoms with van der Waals surface area (Å²) in [5, 5.41) is 1.91. The number of ether oxygens (including phenoxy) is 2. The van der Waals surface area contributed by atoms with Crippen molar-refractivity contribution in [2.45, 2.75) is 13.3 Å². The van der Waals surface area contributed by atoms with Crippen molar-refractivity contribution in [1.82, 2.24) is 9.97 Å². The van der Waals surface area contributed by atoms with E-state index in [1.54, 1.807) is 13.4 Å². The van der Waals surface area contributed by atoms with Crippen molar-refractivity contribution in [2.24, 2.45) is 0 Å². The first kappa shape index (κ1) is 13.1. The third kappa shape index (κ3) is 2.72. The van der Waals surface area contributed by atoms with Crippen molar-refractivity contribution >= 4 is 26.8 Å². The Balaban J connectivity index is 2.39. The summed E-state index contributed by atoms with van der Waals surface area (Å²) >= 11 is 3.38. The number of alkyl halides is 1. The highest BCUT2D eigenvalue weighted by Crippen LogP contribution is 2.32. The van der Waals surface area contributed by atoms with Crippen LogP contribution in [-0.2, 0) is 0 Å². The standard InChI is InChI=1S/C13H15BrN2O2/c1-9-10-6-12(17-2)13(18-5-3-4-14)7-11(10)16-8-15-9/h6-8H,3-5H2,1-2H3. The number of hydrogen-bond acceptors (Lipinski definition) is 4. The molecular formula is C13H15BrN2O2. The van der Waals surface area contributed by atoms with Gasteiger partial charge in [-0.25, -0.2) is 9.97 Å². The van der Waals surface area contributed by atoms with Gasteiger partial charge in [0, 0.05) is 22.5 Å². The van der Waals surface area contributed by atoms with E-state index >= 15 is 0 Å². The largest absolute Gasteiger partial charge is 0.493 e. The third-order valence-electron chi connectivity index (χ3n) is 2.66. The Morgan fingerprint density at radius 3 is 2.78 bits per heavy atom. The molecule has 4 nitrogen and oxygen atoms in total. The van der Waals surface area contributed by atoms with Crippen LogP contribution in [0.4, 0.5) is 0 Å². The number of rotatable bonds is 5. The van der Waals surface area contributed by atoms with E-state index in [4.69, 9.17) is 9.47 Å². The molecule has 2 rings (SSSR count). The van der Waals surface area contributed by atoms with E-state index in [0.29, 0.717) is 6.61 Å². The lowest BCUT2D eigenvalue weighted by Crippen LogP contribution is -2.00. The summed E-state index contributed by atoms with van der Waals surface area (Å²) in [6.45, 7) is 2.60. The third-order valence-corrected chi connectivity index (χ3v) is 3.22. The second kappa shape index (κ2) is 6.00. The molecule has 0 spiro atoms. The smallest absolute Gasteiger partial charge is 0.163 e. The first-order valence-corrected chi connectivity index (χ1v) is 6.86. The number of nitrogens with zero attached hydrogens (tertiary/aromatic N) is 2. The fraction of sp³-hybridized carbons (Fsp3) is 0.385.